The summed E-state index contributed by atoms with van der Waals surface area (Å²) in [6.45, 7) is 5.36. The molecule has 0 atom stereocenters. The van der Waals surface area contributed by atoms with Crippen molar-refractivity contribution in [2.24, 2.45) is 0 Å². The molecule has 138 valence electrons. The fraction of sp³-hybridized carbons (Fsp3) is 0.200. The Morgan fingerprint density at radius 2 is 1.81 bits per heavy atom. The van der Waals surface area contributed by atoms with Crippen molar-refractivity contribution in [2.45, 2.75) is 27.3 Å². The van der Waals surface area contributed by atoms with E-state index in [0.29, 0.717) is 11.3 Å². The van der Waals surface area contributed by atoms with Gasteiger partial charge in [-0.15, -0.1) is 0 Å². The molecular weight excluding hydrogens is 344 g/mol. The second-order valence-electron chi connectivity index (χ2n) is 6.37. The smallest absolute Gasteiger partial charge is 0.276 e. The standard InChI is InChI=1S/C20H20N4O3/c1-12-9-13(2)22-19(26)16(12)11-21-20(27)18-17(25)10-14(3)24(23-18)15-7-5-4-6-8-15/h4-10H,11H2,1-3H3,(H,21,27)(H,22,26). The van der Waals surface area contributed by atoms with E-state index in [-0.39, 0.29) is 17.8 Å². The fourth-order valence-corrected chi connectivity index (χ4v) is 2.89. The van der Waals surface area contributed by atoms with Crippen LogP contribution in [0.15, 0.2) is 52.1 Å². The monoisotopic (exact) mass is 364 g/mol. The van der Waals surface area contributed by atoms with Crippen LogP contribution in [0, 0.1) is 20.8 Å². The van der Waals surface area contributed by atoms with Crippen LogP contribution in [-0.2, 0) is 6.54 Å². The van der Waals surface area contributed by atoms with Gasteiger partial charge in [-0.1, -0.05) is 18.2 Å². The van der Waals surface area contributed by atoms with Gasteiger partial charge in [-0.3, -0.25) is 14.4 Å². The molecule has 2 heterocycles. The van der Waals surface area contributed by atoms with Crippen molar-refractivity contribution < 1.29 is 4.79 Å². The summed E-state index contributed by atoms with van der Waals surface area (Å²) >= 11 is 0. The molecule has 0 unspecified atom stereocenters. The lowest BCUT2D eigenvalue weighted by Crippen LogP contribution is -2.33. The molecule has 3 rings (SSSR count). The van der Waals surface area contributed by atoms with Gasteiger partial charge in [0.15, 0.2) is 5.69 Å². The summed E-state index contributed by atoms with van der Waals surface area (Å²) in [5.74, 6) is -0.621. The minimum atomic E-state index is -0.621. The van der Waals surface area contributed by atoms with Gasteiger partial charge < -0.3 is 10.3 Å². The highest BCUT2D eigenvalue weighted by Crippen LogP contribution is 2.08. The molecule has 0 radical (unpaired) electrons. The minimum absolute atomic E-state index is 0.0145. The maximum absolute atomic E-state index is 12.5. The predicted octanol–water partition coefficient (Wildman–Crippen LogP) is 1.78. The van der Waals surface area contributed by atoms with E-state index in [9.17, 15) is 14.4 Å². The Hall–Kier alpha value is -3.48. The van der Waals surface area contributed by atoms with Gasteiger partial charge in [0.25, 0.3) is 11.5 Å². The van der Waals surface area contributed by atoms with E-state index in [2.05, 4.69) is 15.4 Å². The number of benzene rings is 1. The van der Waals surface area contributed by atoms with Crippen LogP contribution in [-0.4, -0.2) is 20.7 Å². The van der Waals surface area contributed by atoms with E-state index in [1.807, 2.05) is 36.4 Å². The number of pyridine rings is 1. The summed E-state index contributed by atoms with van der Waals surface area (Å²) < 4.78 is 1.54. The summed E-state index contributed by atoms with van der Waals surface area (Å²) in [4.78, 5) is 39.6. The molecule has 0 aliphatic rings. The highest BCUT2D eigenvalue weighted by molar-refractivity contribution is 5.92. The molecule has 1 amide bonds. The first-order valence-corrected chi connectivity index (χ1v) is 8.51. The SMILES string of the molecule is Cc1cc(C)c(CNC(=O)c2nn(-c3ccccc3)c(C)cc2=O)c(=O)[nH]1. The van der Waals surface area contributed by atoms with Crippen LogP contribution in [0.5, 0.6) is 0 Å². The molecule has 3 aromatic rings. The lowest BCUT2D eigenvalue weighted by atomic mass is 10.1. The van der Waals surface area contributed by atoms with E-state index in [1.165, 1.54) is 6.07 Å². The Labute approximate surface area is 155 Å². The number of aromatic nitrogens is 3. The number of nitrogens with one attached hydrogen (secondary N) is 2. The highest BCUT2D eigenvalue weighted by Gasteiger charge is 2.16. The second-order valence-corrected chi connectivity index (χ2v) is 6.37. The molecule has 2 N–H and O–H groups in total. The third-order valence-corrected chi connectivity index (χ3v) is 4.24. The summed E-state index contributed by atoms with van der Waals surface area (Å²) in [5.41, 5.74) is 2.39. The molecule has 0 aliphatic heterocycles. The van der Waals surface area contributed by atoms with Crippen molar-refractivity contribution in [3.8, 4) is 5.69 Å². The fourth-order valence-electron chi connectivity index (χ4n) is 2.89. The summed E-state index contributed by atoms with van der Waals surface area (Å²) in [5, 5.41) is 6.84. The molecule has 0 aliphatic carbocycles. The molecule has 0 saturated heterocycles. The van der Waals surface area contributed by atoms with E-state index in [1.54, 1.807) is 25.5 Å². The number of aryl methyl sites for hydroxylation is 3. The zero-order valence-corrected chi connectivity index (χ0v) is 15.4. The lowest BCUT2D eigenvalue weighted by Gasteiger charge is -2.11. The van der Waals surface area contributed by atoms with Gasteiger partial charge in [-0.2, -0.15) is 5.10 Å². The van der Waals surface area contributed by atoms with E-state index in [4.69, 9.17) is 0 Å². The first kappa shape index (κ1) is 18.3. The number of hydrogen-bond donors (Lipinski definition) is 2. The van der Waals surface area contributed by atoms with Crippen molar-refractivity contribution in [1.29, 1.82) is 0 Å². The van der Waals surface area contributed by atoms with Gasteiger partial charge in [0.2, 0.25) is 5.43 Å². The zero-order valence-electron chi connectivity index (χ0n) is 15.4. The molecule has 0 fully saturated rings. The molecule has 2 aromatic heterocycles. The van der Waals surface area contributed by atoms with Crippen LogP contribution in [0.25, 0.3) is 5.69 Å². The zero-order chi connectivity index (χ0) is 19.6. The second kappa shape index (κ2) is 7.41. The Balaban J connectivity index is 1.90. The van der Waals surface area contributed by atoms with Crippen molar-refractivity contribution >= 4 is 5.91 Å². The third-order valence-electron chi connectivity index (χ3n) is 4.24. The highest BCUT2D eigenvalue weighted by atomic mass is 16.2. The number of nitrogens with zero attached hydrogens (tertiary/aromatic N) is 2. The molecule has 1 aromatic carbocycles. The van der Waals surface area contributed by atoms with Crippen LogP contribution in [0.4, 0.5) is 0 Å². The van der Waals surface area contributed by atoms with Crippen molar-refractivity contribution in [2.75, 3.05) is 0 Å². The molecule has 27 heavy (non-hydrogen) atoms. The van der Waals surface area contributed by atoms with Crippen LogP contribution >= 0.6 is 0 Å². The molecule has 7 nitrogen and oxygen atoms in total. The van der Waals surface area contributed by atoms with Gasteiger partial charge in [0.1, 0.15) is 0 Å². The van der Waals surface area contributed by atoms with Gasteiger partial charge in [0.05, 0.1) is 5.69 Å². The molecule has 0 spiro atoms. The number of hydrogen-bond acceptors (Lipinski definition) is 4. The summed E-state index contributed by atoms with van der Waals surface area (Å²) in [6.07, 6.45) is 0. The summed E-state index contributed by atoms with van der Waals surface area (Å²) in [7, 11) is 0. The van der Waals surface area contributed by atoms with Gasteiger partial charge in [0, 0.05) is 29.6 Å². The molecule has 7 heteroatoms. The number of carbonyl (C=O) groups excluding carboxylic acids is 1. The number of carbonyl (C=O) groups is 1. The number of rotatable bonds is 4. The Morgan fingerprint density at radius 1 is 1.11 bits per heavy atom. The maximum atomic E-state index is 12.5. The molecular formula is C20H20N4O3. The Kier molecular flexibility index (Phi) is 5.03. The van der Waals surface area contributed by atoms with Gasteiger partial charge in [-0.05, 0) is 44.5 Å². The van der Waals surface area contributed by atoms with Crippen molar-refractivity contribution in [3.05, 3.63) is 91.3 Å². The maximum Gasteiger partial charge on any atom is 0.276 e. The Bertz CT molecular complexity index is 1110. The minimum Gasteiger partial charge on any atom is -0.346 e. The quantitative estimate of drug-likeness (QED) is 0.737. The van der Waals surface area contributed by atoms with Crippen LogP contribution < -0.4 is 16.3 Å². The van der Waals surface area contributed by atoms with E-state index in [0.717, 1.165) is 16.9 Å². The largest absolute Gasteiger partial charge is 0.346 e. The van der Waals surface area contributed by atoms with Gasteiger partial charge >= 0.3 is 0 Å². The first-order valence-electron chi connectivity index (χ1n) is 8.51. The van der Waals surface area contributed by atoms with Crippen molar-refractivity contribution in [1.82, 2.24) is 20.1 Å². The lowest BCUT2D eigenvalue weighted by molar-refractivity contribution is 0.0942. The normalized spacial score (nSPS) is 10.6. The van der Waals surface area contributed by atoms with Crippen LogP contribution in [0.2, 0.25) is 0 Å². The van der Waals surface area contributed by atoms with E-state index >= 15 is 0 Å². The number of para-hydroxylation sites is 1. The topological polar surface area (TPSA) is 96.8 Å². The van der Waals surface area contributed by atoms with Crippen LogP contribution in [0.1, 0.15) is 33.0 Å². The number of H-pyrrole nitrogens is 1. The summed E-state index contributed by atoms with van der Waals surface area (Å²) in [6, 6.07) is 12.4. The van der Waals surface area contributed by atoms with Crippen molar-refractivity contribution in [3.63, 3.8) is 0 Å². The molecule has 0 saturated carbocycles. The number of amides is 1. The first-order chi connectivity index (χ1) is 12.9. The average Bonchev–Trinajstić information content (AvgIpc) is 2.61. The Morgan fingerprint density at radius 3 is 2.48 bits per heavy atom. The van der Waals surface area contributed by atoms with Gasteiger partial charge in [-0.25, -0.2) is 4.68 Å². The third kappa shape index (κ3) is 3.87. The predicted molar refractivity (Wildman–Crippen MR) is 102 cm³/mol. The van der Waals surface area contributed by atoms with E-state index < -0.39 is 11.3 Å². The molecule has 0 bridgehead atoms. The van der Waals surface area contributed by atoms with Crippen LogP contribution in [0.3, 0.4) is 0 Å². The average molecular weight is 364 g/mol. The number of aromatic amines is 1.